The highest BCUT2D eigenvalue weighted by Crippen LogP contribution is 2.27. The number of carbonyl (C=O) groups is 2. The van der Waals surface area contributed by atoms with Crippen molar-refractivity contribution in [2.24, 2.45) is 0 Å². The summed E-state index contributed by atoms with van der Waals surface area (Å²) in [6.45, 7) is 3.67. The molecule has 0 fully saturated rings. The normalized spacial score (nSPS) is 12.0. The molecule has 6 heteroatoms. The minimum atomic E-state index is -0.984. The summed E-state index contributed by atoms with van der Waals surface area (Å²) in [5, 5.41) is 3.50. The fourth-order valence-corrected chi connectivity index (χ4v) is 2.70. The molecule has 3 rings (SSSR count). The number of furan rings is 1. The van der Waals surface area contributed by atoms with Gasteiger partial charge in [-0.1, -0.05) is 35.9 Å². The number of rotatable bonds is 6. The topological polar surface area (TPSA) is 77.8 Å². The molecule has 0 aliphatic rings. The van der Waals surface area contributed by atoms with Crippen LogP contribution in [0.2, 0.25) is 0 Å². The minimum absolute atomic E-state index is 0.0491. The van der Waals surface area contributed by atoms with Gasteiger partial charge in [-0.05, 0) is 32.0 Å². The average molecular weight is 367 g/mol. The van der Waals surface area contributed by atoms with E-state index in [4.69, 9.17) is 13.9 Å². The summed E-state index contributed by atoms with van der Waals surface area (Å²) < 4.78 is 16.1. The van der Waals surface area contributed by atoms with Crippen molar-refractivity contribution < 1.29 is 23.5 Å². The van der Waals surface area contributed by atoms with Gasteiger partial charge in [-0.2, -0.15) is 0 Å². The number of carbonyl (C=O) groups excluding carboxylic acids is 2. The number of hydrogen-bond donors (Lipinski definition) is 1. The maximum atomic E-state index is 12.6. The molecule has 0 unspecified atom stereocenters. The van der Waals surface area contributed by atoms with E-state index < -0.39 is 18.0 Å². The molecule has 27 heavy (non-hydrogen) atoms. The van der Waals surface area contributed by atoms with Crippen LogP contribution in [0.3, 0.4) is 0 Å². The molecule has 6 nitrogen and oxygen atoms in total. The van der Waals surface area contributed by atoms with Crippen LogP contribution in [0.25, 0.3) is 11.0 Å². The quantitative estimate of drug-likeness (QED) is 0.665. The van der Waals surface area contributed by atoms with Crippen molar-refractivity contribution in [3.8, 4) is 0 Å². The van der Waals surface area contributed by atoms with E-state index in [2.05, 4.69) is 5.32 Å². The first-order valence-corrected chi connectivity index (χ1v) is 8.57. The number of anilines is 1. The number of amides is 1. The second-order valence-electron chi connectivity index (χ2n) is 6.24. The third-order valence-electron chi connectivity index (χ3n) is 4.14. The zero-order valence-corrected chi connectivity index (χ0v) is 15.4. The van der Waals surface area contributed by atoms with Crippen LogP contribution >= 0.6 is 0 Å². The van der Waals surface area contributed by atoms with Gasteiger partial charge in [-0.25, -0.2) is 4.79 Å². The number of aryl methyl sites for hydroxylation is 1. The molecule has 3 aromatic rings. The highest BCUT2D eigenvalue weighted by molar-refractivity contribution is 5.99. The molecular weight excluding hydrogens is 346 g/mol. The second-order valence-corrected chi connectivity index (χ2v) is 6.24. The van der Waals surface area contributed by atoms with E-state index in [9.17, 15) is 9.59 Å². The number of ether oxygens (including phenoxy) is 2. The summed E-state index contributed by atoms with van der Waals surface area (Å²) in [6, 6.07) is 14.6. The maximum absolute atomic E-state index is 12.6. The molecule has 0 saturated carbocycles. The van der Waals surface area contributed by atoms with Crippen molar-refractivity contribution in [1.29, 1.82) is 0 Å². The van der Waals surface area contributed by atoms with Crippen LogP contribution in [0.4, 0.5) is 5.69 Å². The van der Waals surface area contributed by atoms with Gasteiger partial charge in [0, 0.05) is 23.7 Å². The first-order valence-electron chi connectivity index (χ1n) is 8.57. The van der Waals surface area contributed by atoms with Crippen LogP contribution in [0.1, 0.15) is 28.6 Å². The number of methoxy groups -OCH3 is 1. The molecule has 0 spiro atoms. The zero-order chi connectivity index (χ0) is 19.4. The van der Waals surface area contributed by atoms with Crippen LogP contribution in [0.5, 0.6) is 0 Å². The van der Waals surface area contributed by atoms with Gasteiger partial charge in [-0.15, -0.1) is 0 Å². The fourth-order valence-electron chi connectivity index (χ4n) is 2.70. The summed E-state index contributed by atoms with van der Waals surface area (Å²) in [7, 11) is 1.54. The third kappa shape index (κ3) is 4.17. The number of nitrogens with one attached hydrogen (secondary N) is 1. The molecule has 1 heterocycles. The van der Waals surface area contributed by atoms with Gasteiger partial charge >= 0.3 is 5.97 Å². The average Bonchev–Trinajstić information content (AvgIpc) is 3.03. The Balaban J connectivity index is 1.74. The van der Waals surface area contributed by atoms with E-state index in [1.54, 1.807) is 18.2 Å². The number of esters is 1. The number of hydrogen-bond acceptors (Lipinski definition) is 5. The van der Waals surface area contributed by atoms with Gasteiger partial charge in [0.1, 0.15) is 5.58 Å². The van der Waals surface area contributed by atoms with Crippen LogP contribution in [0.15, 0.2) is 52.9 Å². The van der Waals surface area contributed by atoms with Gasteiger partial charge < -0.3 is 19.2 Å². The lowest BCUT2D eigenvalue weighted by molar-refractivity contribution is -0.123. The van der Waals surface area contributed by atoms with Crippen LogP contribution in [-0.2, 0) is 20.9 Å². The van der Waals surface area contributed by atoms with Gasteiger partial charge in [0.05, 0.1) is 6.61 Å². The Morgan fingerprint density at radius 2 is 1.81 bits per heavy atom. The highest BCUT2D eigenvalue weighted by Gasteiger charge is 2.25. The Bertz CT molecular complexity index is 958. The maximum Gasteiger partial charge on any atom is 0.375 e. The van der Waals surface area contributed by atoms with Gasteiger partial charge in [0.2, 0.25) is 5.76 Å². The van der Waals surface area contributed by atoms with Crippen LogP contribution in [0, 0.1) is 6.92 Å². The lowest BCUT2D eigenvalue weighted by atomic mass is 10.1. The van der Waals surface area contributed by atoms with Crippen molar-refractivity contribution in [3.05, 3.63) is 65.4 Å². The smallest absolute Gasteiger partial charge is 0.375 e. The molecule has 1 amide bonds. The number of fused-ring (bicyclic) bond motifs is 1. The predicted molar refractivity (Wildman–Crippen MR) is 102 cm³/mol. The minimum Gasteiger partial charge on any atom is -0.449 e. The SMILES string of the molecule is COCc1c(C(=O)O[C@H](C)C(=O)Nc2ccc(C)cc2)oc2ccccc12. The van der Waals surface area contributed by atoms with Gasteiger partial charge in [-0.3, -0.25) is 4.79 Å². The summed E-state index contributed by atoms with van der Waals surface area (Å²) in [5.74, 6) is -1.07. The lowest BCUT2D eigenvalue weighted by Gasteiger charge is -2.13. The Morgan fingerprint density at radius 1 is 1.11 bits per heavy atom. The Labute approximate surface area is 157 Å². The van der Waals surface area contributed by atoms with Crippen LogP contribution < -0.4 is 5.32 Å². The lowest BCUT2D eigenvalue weighted by Crippen LogP contribution is -2.30. The predicted octanol–water partition coefficient (Wildman–Crippen LogP) is 4.07. The van der Waals surface area contributed by atoms with E-state index in [0.29, 0.717) is 16.8 Å². The zero-order valence-electron chi connectivity index (χ0n) is 15.4. The monoisotopic (exact) mass is 367 g/mol. The van der Waals surface area contributed by atoms with E-state index in [0.717, 1.165) is 10.9 Å². The van der Waals surface area contributed by atoms with Crippen molar-refractivity contribution in [2.75, 3.05) is 12.4 Å². The molecule has 2 aromatic carbocycles. The van der Waals surface area contributed by atoms with Crippen molar-refractivity contribution >= 4 is 28.5 Å². The molecule has 0 saturated heterocycles. The standard InChI is InChI=1S/C21H21NO5/c1-13-8-10-15(11-9-13)22-20(23)14(2)26-21(24)19-17(12-25-3)16-6-4-5-7-18(16)27-19/h4-11,14H,12H2,1-3H3,(H,22,23)/t14-/m1/s1. The molecule has 0 bridgehead atoms. The Kier molecular flexibility index (Phi) is 5.57. The molecule has 0 aliphatic heterocycles. The van der Waals surface area contributed by atoms with Gasteiger partial charge in [0.15, 0.2) is 6.10 Å². The second kappa shape index (κ2) is 8.05. The molecule has 1 N–H and O–H groups in total. The van der Waals surface area contributed by atoms with Crippen LogP contribution in [-0.4, -0.2) is 25.1 Å². The molecule has 0 aliphatic carbocycles. The highest BCUT2D eigenvalue weighted by atomic mass is 16.6. The van der Waals surface area contributed by atoms with Crippen molar-refractivity contribution in [2.45, 2.75) is 26.6 Å². The van der Waals surface area contributed by atoms with E-state index in [1.807, 2.05) is 37.3 Å². The summed E-state index contributed by atoms with van der Waals surface area (Å²) >= 11 is 0. The van der Waals surface area contributed by atoms with E-state index >= 15 is 0 Å². The van der Waals surface area contributed by atoms with Crippen molar-refractivity contribution in [1.82, 2.24) is 0 Å². The first kappa shape index (κ1) is 18.7. The molecule has 140 valence electrons. The number of benzene rings is 2. The molecular formula is C21H21NO5. The van der Waals surface area contributed by atoms with E-state index in [1.165, 1.54) is 14.0 Å². The van der Waals surface area contributed by atoms with Gasteiger partial charge in [0.25, 0.3) is 5.91 Å². The third-order valence-corrected chi connectivity index (χ3v) is 4.14. The Hall–Kier alpha value is -3.12. The molecule has 1 aromatic heterocycles. The largest absolute Gasteiger partial charge is 0.449 e. The Morgan fingerprint density at radius 3 is 2.52 bits per heavy atom. The summed E-state index contributed by atoms with van der Waals surface area (Å²) in [5.41, 5.74) is 2.89. The summed E-state index contributed by atoms with van der Waals surface area (Å²) in [6.07, 6.45) is -0.984. The first-order chi connectivity index (χ1) is 13.0. The number of para-hydroxylation sites is 1. The van der Waals surface area contributed by atoms with E-state index in [-0.39, 0.29) is 12.4 Å². The summed E-state index contributed by atoms with van der Waals surface area (Å²) in [4.78, 5) is 24.9. The van der Waals surface area contributed by atoms with Crippen molar-refractivity contribution in [3.63, 3.8) is 0 Å². The fraction of sp³-hybridized carbons (Fsp3) is 0.238. The molecule has 0 radical (unpaired) electrons. The molecule has 1 atom stereocenters.